The summed E-state index contributed by atoms with van der Waals surface area (Å²) in [7, 11) is 0. The van der Waals surface area contributed by atoms with Crippen LogP contribution in [0.4, 0.5) is 0 Å². The van der Waals surface area contributed by atoms with E-state index in [1.807, 2.05) is 19.9 Å². The maximum atomic E-state index is 12.8. The fourth-order valence-electron chi connectivity index (χ4n) is 3.13. The quantitative estimate of drug-likeness (QED) is 0.197. The number of carboxylic acids is 1. The monoisotopic (exact) mass is 463 g/mol. The van der Waals surface area contributed by atoms with Gasteiger partial charge in [0.15, 0.2) is 0 Å². The minimum absolute atomic E-state index is 0.0413. The molecule has 3 amide bonds. The van der Waals surface area contributed by atoms with Crippen LogP contribution in [0, 0.1) is 5.92 Å². The lowest BCUT2D eigenvalue weighted by Crippen LogP contribution is -2.54. The Hall–Kier alpha value is -2.98. The molecule has 0 spiro atoms. The lowest BCUT2D eigenvalue weighted by molar-refractivity contribution is -0.142. The highest BCUT2D eigenvalue weighted by Crippen LogP contribution is 2.07. The third-order valence-corrected chi connectivity index (χ3v) is 5.48. The van der Waals surface area contributed by atoms with Crippen molar-refractivity contribution in [1.29, 1.82) is 0 Å². The Morgan fingerprint density at radius 2 is 1.67 bits per heavy atom. The number of unbranched alkanes of at least 4 members (excludes halogenated alkanes) is 1. The molecule has 33 heavy (non-hydrogen) atoms. The number of carboxylic acid groups (broad SMARTS) is 1. The number of nitrogens with one attached hydrogen (secondary N) is 3. The Morgan fingerprint density at radius 3 is 2.24 bits per heavy atom. The number of carbonyl (C=O) groups excluding carboxylic acids is 3. The van der Waals surface area contributed by atoms with Crippen LogP contribution in [0.2, 0.25) is 0 Å². The molecule has 0 heterocycles. The zero-order chi connectivity index (χ0) is 24.8. The molecule has 4 unspecified atom stereocenters. The highest BCUT2D eigenvalue weighted by atomic mass is 16.4. The highest BCUT2D eigenvalue weighted by molar-refractivity contribution is 5.92. The zero-order valence-corrected chi connectivity index (χ0v) is 19.4. The average Bonchev–Trinajstić information content (AvgIpc) is 2.80. The fourth-order valence-corrected chi connectivity index (χ4v) is 3.13. The first kappa shape index (κ1) is 28.1. The van der Waals surface area contributed by atoms with Gasteiger partial charge in [0.1, 0.15) is 12.1 Å². The molecule has 0 aliphatic heterocycles. The Morgan fingerprint density at radius 1 is 1.00 bits per heavy atom. The molecule has 0 saturated carbocycles. The molecular weight excluding hydrogens is 426 g/mol. The SMILES string of the molecule is CCC(C)C(N)C(=O)NCC(=O)NC(CCCCN)C(=O)NC(Cc1ccccc1)C(=O)O. The van der Waals surface area contributed by atoms with Crippen molar-refractivity contribution < 1.29 is 24.3 Å². The molecule has 1 aromatic carbocycles. The maximum Gasteiger partial charge on any atom is 0.326 e. The third kappa shape index (κ3) is 10.5. The second-order valence-corrected chi connectivity index (χ2v) is 8.12. The van der Waals surface area contributed by atoms with Crippen LogP contribution in [0.25, 0.3) is 0 Å². The van der Waals surface area contributed by atoms with Crippen LogP contribution < -0.4 is 27.4 Å². The molecule has 0 aliphatic carbocycles. The first-order valence-electron chi connectivity index (χ1n) is 11.3. The van der Waals surface area contributed by atoms with Crippen LogP contribution in [0.3, 0.4) is 0 Å². The predicted molar refractivity (Wildman–Crippen MR) is 125 cm³/mol. The van der Waals surface area contributed by atoms with Gasteiger partial charge in [-0.3, -0.25) is 14.4 Å². The van der Waals surface area contributed by atoms with E-state index in [4.69, 9.17) is 11.5 Å². The number of carbonyl (C=O) groups is 4. The third-order valence-electron chi connectivity index (χ3n) is 5.48. The minimum Gasteiger partial charge on any atom is -0.480 e. The van der Waals surface area contributed by atoms with Gasteiger partial charge in [-0.05, 0) is 37.3 Å². The smallest absolute Gasteiger partial charge is 0.326 e. The largest absolute Gasteiger partial charge is 0.480 e. The molecule has 0 fully saturated rings. The Kier molecular flexibility index (Phi) is 12.7. The van der Waals surface area contributed by atoms with Crippen molar-refractivity contribution in [3.05, 3.63) is 35.9 Å². The molecule has 184 valence electrons. The molecule has 10 nitrogen and oxygen atoms in total. The second-order valence-electron chi connectivity index (χ2n) is 8.12. The summed E-state index contributed by atoms with van der Waals surface area (Å²) >= 11 is 0. The van der Waals surface area contributed by atoms with Gasteiger partial charge in [0.05, 0.1) is 12.6 Å². The molecule has 10 heteroatoms. The van der Waals surface area contributed by atoms with E-state index in [0.717, 1.165) is 12.0 Å². The van der Waals surface area contributed by atoms with E-state index in [0.29, 0.717) is 19.4 Å². The van der Waals surface area contributed by atoms with E-state index in [9.17, 15) is 24.3 Å². The van der Waals surface area contributed by atoms with Gasteiger partial charge in [0.25, 0.3) is 0 Å². The Bertz CT molecular complexity index is 774. The molecule has 0 saturated heterocycles. The number of amides is 3. The van der Waals surface area contributed by atoms with Crippen molar-refractivity contribution >= 4 is 23.7 Å². The molecule has 0 aromatic heterocycles. The van der Waals surface area contributed by atoms with Crippen molar-refractivity contribution in [2.75, 3.05) is 13.1 Å². The predicted octanol–water partition coefficient (Wildman–Crippen LogP) is -0.0981. The molecule has 1 aromatic rings. The van der Waals surface area contributed by atoms with E-state index in [1.165, 1.54) is 0 Å². The average molecular weight is 464 g/mol. The van der Waals surface area contributed by atoms with E-state index in [2.05, 4.69) is 16.0 Å². The topological polar surface area (TPSA) is 177 Å². The summed E-state index contributed by atoms with van der Waals surface area (Å²) in [6, 6.07) is 6.09. The molecule has 4 atom stereocenters. The van der Waals surface area contributed by atoms with Crippen LogP contribution >= 0.6 is 0 Å². The van der Waals surface area contributed by atoms with Gasteiger partial charge in [0, 0.05) is 6.42 Å². The Balaban J connectivity index is 2.75. The summed E-state index contributed by atoms with van der Waals surface area (Å²) < 4.78 is 0. The van der Waals surface area contributed by atoms with Crippen LogP contribution in [0.15, 0.2) is 30.3 Å². The normalized spacial score (nSPS) is 14.4. The Labute approximate surface area is 194 Å². The van der Waals surface area contributed by atoms with Gasteiger partial charge in [0.2, 0.25) is 17.7 Å². The second kappa shape index (κ2) is 15.0. The first-order chi connectivity index (χ1) is 15.7. The zero-order valence-electron chi connectivity index (χ0n) is 19.4. The van der Waals surface area contributed by atoms with Crippen molar-refractivity contribution in [3.8, 4) is 0 Å². The summed E-state index contributed by atoms with van der Waals surface area (Å²) in [5.41, 5.74) is 12.1. The highest BCUT2D eigenvalue weighted by Gasteiger charge is 2.27. The first-order valence-corrected chi connectivity index (χ1v) is 11.3. The lowest BCUT2D eigenvalue weighted by atomic mass is 9.99. The number of aliphatic carboxylic acids is 1. The van der Waals surface area contributed by atoms with Crippen LogP contribution in [0.5, 0.6) is 0 Å². The summed E-state index contributed by atoms with van der Waals surface area (Å²) in [6.07, 6.45) is 2.32. The van der Waals surface area contributed by atoms with Crippen LogP contribution in [-0.4, -0.2) is 60.0 Å². The fraction of sp³-hybridized carbons (Fsp3) is 0.565. The van der Waals surface area contributed by atoms with E-state index in [1.54, 1.807) is 24.3 Å². The number of nitrogens with two attached hydrogens (primary N) is 2. The molecule has 8 N–H and O–H groups in total. The van der Waals surface area contributed by atoms with Crippen LogP contribution in [0.1, 0.15) is 45.1 Å². The minimum atomic E-state index is -1.18. The number of hydrogen-bond acceptors (Lipinski definition) is 6. The number of hydrogen-bond donors (Lipinski definition) is 6. The van der Waals surface area contributed by atoms with Crippen molar-refractivity contribution in [3.63, 3.8) is 0 Å². The number of rotatable bonds is 15. The summed E-state index contributed by atoms with van der Waals surface area (Å²) in [4.78, 5) is 49.0. The van der Waals surface area contributed by atoms with Gasteiger partial charge in [-0.15, -0.1) is 0 Å². The van der Waals surface area contributed by atoms with E-state index >= 15 is 0 Å². The summed E-state index contributed by atoms with van der Waals surface area (Å²) in [5.74, 6) is -2.84. The van der Waals surface area contributed by atoms with Gasteiger partial charge in [-0.25, -0.2) is 4.79 Å². The van der Waals surface area contributed by atoms with Gasteiger partial charge < -0.3 is 32.5 Å². The van der Waals surface area contributed by atoms with Crippen LogP contribution in [-0.2, 0) is 25.6 Å². The summed E-state index contributed by atoms with van der Waals surface area (Å²) in [6.45, 7) is 3.85. The van der Waals surface area contributed by atoms with Gasteiger partial charge >= 0.3 is 5.97 Å². The van der Waals surface area contributed by atoms with E-state index in [-0.39, 0.29) is 25.3 Å². The van der Waals surface area contributed by atoms with Crippen molar-refractivity contribution in [2.45, 2.75) is 64.1 Å². The lowest BCUT2D eigenvalue weighted by Gasteiger charge is -2.22. The maximum absolute atomic E-state index is 12.8. The summed E-state index contributed by atoms with van der Waals surface area (Å²) in [5, 5.41) is 17.1. The van der Waals surface area contributed by atoms with Crippen molar-refractivity contribution in [2.24, 2.45) is 17.4 Å². The van der Waals surface area contributed by atoms with E-state index < -0.39 is 41.8 Å². The molecule has 0 radical (unpaired) electrons. The molecule has 0 bridgehead atoms. The molecular formula is C23H37N5O5. The molecule has 0 aliphatic rings. The number of benzene rings is 1. The molecule has 1 rings (SSSR count). The van der Waals surface area contributed by atoms with Gasteiger partial charge in [-0.2, -0.15) is 0 Å². The van der Waals surface area contributed by atoms with Crippen molar-refractivity contribution in [1.82, 2.24) is 16.0 Å². The van der Waals surface area contributed by atoms with Gasteiger partial charge in [-0.1, -0.05) is 50.6 Å². The standard InChI is InChI=1S/C23H37N5O5/c1-3-15(2)20(25)22(31)26-14-19(29)27-17(11-7-8-12-24)21(30)28-18(23(32)33)13-16-9-5-4-6-10-16/h4-6,9-10,15,17-18,20H,3,7-8,11-14,24-25H2,1-2H3,(H,26,31)(H,27,29)(H,28,30)(H,32,33).